The Kier molecular flexibility index (Phi) is 16.8. The summed E-state index contributed by atoms with van der Waals surface area (Å²) in [4.78, 5) is 5.44. The lowest BCUT2D eigenvalue weighted by Gasteiger charge is -2.45. The molecular formula is C114H104BN5O. The van der Waals surface area contributed by atoms with Gasteiger partial charge in [0.05, 0.1) is 49.9 Å². The van der Waals surface area contributed by atoms with E-state index in [-0.39, 0.29) is 39.2 Å². The van der Waals surface area contributed by atoms with E-state index in [0.29, 0.717) is 0 Å². The largest absolute Gasteiger partial charge is 0.456 e. The van der Waals surface area contributed by atoms with Crippen molar-refractivity contribution in [3.8, 4) is 50.4 Å². The first-order valence-electron chi connectivity index (χ1n) is 43.4. The molecule has 19 aromatic rings. The van der Waals surface area contributed by atoms with E-state index in [0.717, 1.165) is 123 Å². The van der Waals surface area contributed by atoms with Crippen LogP contribution in [0.3, 0.4) is 0 Å². The lowest BCUT2D eigenvalue weighted by atomic mass is 9.33. The topological polar surface area (TPSA) is 34.4 Å². The van der Waals surface area contributed by atoms with E-state index in [4.69, 9.17) is 4.42 Å². The van der Waals surface area contributed by atoms with Crippen molar-refractivity contribution in [2.24, 2.45) is 0 Å². The van der Waals surface area contributed by atoms with Crippen molar-refractivity contribution in [3.05, 3.63) is 337 Å². The third kappa shape index (κ3) is 12.2. The van der Waals surface area contributed by atoms with Crippen LogP contribution in [0.25, 0.3) is 138 Å². The number of para-hydroxylation sites is 3. The molecule has 0 atom stereocenters. The zero-order valence-corrected chi connectivity index (χ0v) is 73.1. The van der Waals surface area contributed by atoms with Crippen molar-refractivity contribution in [2.45, 2.75) is 157 Å². The van der Waals surface area contributed by atoms with Crippen molar-refractivity contribution < 1.29 is 4.42 Å². The maximum atomic E-state index is 7.30. The van der Waals surface area contributed by atoms with Crippen molar-refractivity contribution in [1.29, 1.82) is 0 Å². The highest BCUT2D eigenvalue weighted by molar-refractivity contribution is 7.00. The fourth-order valence-corrected chi connectivity index (χ4v) is 19.8. The van der Waals surface area contributed by atoms with Gasteiger partial charge in [0.2, 0.25) is 0 Å². The van der Waals surface area contributed by atoms with Gasteiger partial charge in [-0.2, -0.15) is 0 Å². The van der Waals surface area contributed by atoms with Crippen molar-refractivity contribution in [3.63, 3.8) is 0 Å². The Balaban J connectivity index is 0.962. The number of fused-ring (bicyclic) bond motifs is 16. The Bertz CT molecular complexity index is 7330. The summed E-state index contributed by atoms with van der Waals surface area (Å²) >= 11 is 0. The number of rotatable bonds is 8. The molecule has 0 radical (unpaired) electrons. The molecule has 21 rings (SSSR count). The quantitative estimate of drug-likeness (QED) is 0.142. The summed E-state index contributed by atoms with van der Waals surface area (Å²) in [6.07, 6.45) is 0. The van der Waals surface area contributed by atoms with Crippen LogP contribution in [0.15, 0.2) is 308 Å². The Labute approximate surface area is 712 Å². The van der Waals surface area contributed by atoms with Gasteiger partial charge in [0, 0.05) is 77.5 Å². The SMILES string of the molecule is CC(C)(C)c1cc(-c2cc3c4c(c2)N(c2cc(-c5ccccc5)cc5c2c2ccccc2n5-c2ccccc2)c2cc(-n5c6ccc(C(C)(C)C)cc6c6cc(C(C)(C)C)ccc65)ccc2B4c2ccc(-n4c5ccc(C(C)(C)C)cc5c5cc(C(C)(C)C)ccc54)cc2N3c2cc(-c3ccccc3)cc3oc4ccccc4c23)cc(C(C)(C)C)c1. The highest BCUT2D eigenvalue weighted by Crippen LogP contribution is 2.55. The fourth-order valence-electron chi connectivity index (χ4n) is 19.8. The molecule has 0 spiro atoms. The Hall–Kier alpha value is -12.8. The number of hydrogen-bond donors (Lipinski definition) is 0. The number of anilines is 6. The molecule has 7 heteroatoms. The number of aromatic nitrogens is 3. The van der Waals surface area contributed by atoms with Gasteiger partial charge in [-0.15, -0.1) is 0 Å². The van der Waals surface area contributed by atoms with E-state index in [9.17, 15) is 0 Å². The third-order valence-electron chi connectivity index (χ3n) is 26.5. The van der Waals surface area contributed by atoms with E-state index in [1.54, 1.807) is 0 Å². The molecule has 0 fully saturated rings. The first-order chi connectivity index (χ1) is 57.8. The summed E-state index contributed by atoms with van der Waals surface area (Å²) in [6.45, 7) is 42.0. The summed E-state index contributed by atoms with van der Waals surface area (Å²) < 4.78 is 15.0. The summed E-state index contributed by atoms with van der Waals surface area (Å²) in [5, 5.41) is 9.44. The molecule has 0 N–H and O–H groups in total. The first-order valence-corrected chi connectivity index (χ1v) is 43.4. The highest BCUT2D eigenvalue weighted by Gasteiger charge is 2.46. The number of furan rings is 1. The molecule has 0 saturated carbocycles. The molecule has 6 heterocycles. The molecule has 0 amide bonds. The van der Waals surface area contributed by atoms with Crippen LogP contribution in [-0.4, -0.2) is 20.4 Å². The molecular weight excluding hydrogens is 1470 g/mol. The second-order valence-corrected chi connectivity index (χ2v) is 40.7. The molecule has 121 heavy (non-hydrogen) atoms. The number of hydrogen-bond acceptors (Lipinski definition) is 3. The molecule has 0 saturated heterocycles. The van der Waals surface area contributed by atoms with E-state index >= 15 is 0 Å². The van der Waals surface area contributed by atoms with Crippen LogP contribution in [0, 0.1) is 0 Å². The maximum absolute atomic E-state index is 7.30. The molecule has 594 valence electrons. The van der Waals surface area contributed by atoms with E-state index in [1.165, 1.54) is 98.8 Å². The van der Waals surface area contributed by atoms with Crippen LogP contribution in [0.1, 0.15) is 158 Å². The Morgan fingerprint density at radius 3 is 1.02 bits per heavy atom. The average Bonchev–Trinajstić information content (AvgIpc) is 0.760. The van der Waals surface area contributed by atoms with E-state index in [2.05, 4.69) is 451 Å². The highest BCUT2D eigenvalue weighted by atomic mass is 16.3. The second kappa shape index (κ2) is 26.8. The van der Waals surface area contributed by atoms with Gasteiger partial charge in [-0.3, -0.25) is 0 Å². The maximum Gasteiger partial charge on any atom is 0.252 e. The lowest BCUT2D eigenvalue weighted by Crippen LogP contribution is -2.61. The minimum atomic E-state index is -0.318. The summed E-state index contributed by atoms with van der Waals surface area (Å²) in [5.41, 5.74) is 35.8. The van der Waals surface area contributed by atoms with Gasteiger partial charge < -0.3 is 27.9 Å². The van der Waals surface area contributed by atoms with Crippen LogP contribution >= 0.6 is 0 Å². The molecule has 0 unspecified atom stereocenters. The minimum absolute atomic E-state index is 0.0823. The van der Waals surface area contributed by atoms with E-state index in [1.807, 2.05) is 0 Å². The van der Waals surface area contributed by atoms with Gasteiger partial charge in [0.1, 0.15) is 11.2 Å². The van der Waals surface area contributed by atoms with Crippen LogP contribution in [0.2, 0.25) is 0 Å². The van der Waals surface area contributed by atoms with Crippen LogP contribution in [-0.2, 0) is 32.5 Å². The monoisotopic (exact) mass is 1570 g/mol. The van der Waals surface area contributed by atoms with E-state index < -0.39 is 0 Å². The molecule has 4 aromatic heterocycles. The zero-order valence-electron chi connectivity index (χ0n) is 73.1. The summed E-state index contributed by atoms with van der Waals surface area (Å²) in [5.74, 6) is 0. The van der Waals surface area contributed by atoms with Gasteiger partial charge in [-0.05, 0) is 249 Å². The Morgan fingerprint density at radius 2 is 0.570 bits per heavy atom. The molecule has 2 aliphatic heterocycles. The van der Waals surface area contributed by atoms with Crippen molar-refractivity contribution in [2.75, 3.05) is 9.80 Å². The minimum Gasteiger partial charge on any atom is -0.456 e. The van der Waals surface area contributed by atoms with Crippen LogP contribution in [0.5, 0.6) is 0 Å². The predicted molar refractivity (Wildman–Crippen MR) is 519 cm³/mol. The van der Waals surface area contributed by atoms with Crippen LogP contribution < -0.4 is 26.2 Å². The molecule has 0 bridgehead atoms. The molecule has 6 nitrogen and oxygen atoms in total. The number of benzene rings is 15. The molecule has 15 aromatic carbocycles. The summed E-state index contributed by atoms with van der Waals surface area (Å²) in [7, 11) is 0. The summed E-state index contributed by atoms with van der Waals surface area (Å²) in [6, 6.07) is 117. The number of nitrogens with zero attached hydrogens (tertiary/aromatic N) is 5. The standard InChI is InChI=1S/C114H104BN5O/c1-109(2,3)75-42-50-93-86(63-75)87-64-76(110(4,5)6)43-51-94(87)117(93)82-46-48-90-97(67-82)119(100-57-72(69-32-22-19-23-33-69)56-99-106(100)84-38-28-30-40-92(84)116(99)81-36-26-21-27-37-81)102-59-73(71-54-79(113(13,14)15)62-80(55-71)114(16,17)18)60-103-108(102)115(90)91-49-47-83(118-95-52-44-77(111(7,8)9)65-88(95)89-66-78(112(10,11)12)45-53-96(89)118)68-98(91)120(103)101-58-74(70-34-24-20-25-35-70)61-105-107(101)85-39-29-31-41-104(85)121-105/h19-68H,1-18H3. The van der Waals surface area contributed by atoms with Gasteiger partial charge >= 0.3 is 0 Å². The van der Waals surface area contributed by atoms with Gasteiger partial charge in [0.15, 0.2) is 0 Å². The van der Waals surface area contributed by atoms with Crippen molar-refractivity contribution in [1.82, 2.24) is 13.7 Å². The predicted octanol–water partition coefficient (Wildman–Crippen LogP) is 29.7. The third-order valence-corrected chi connectivity index (χ3v) is 26.5. The Morgan fingerprint density at radius 1 is 0.215 bits per heavy atom. The smallest absolute Gasteiger partial charge is 0.252 e. The lowest BCUT2D eigenvalue weighted by molar-refractivity contribution is 0.569. The first kappa shape index (κ1) is 75.6. The average molecular weight is 1570 g/mol. The van der Waals surface area contributed by atoms with Gasteiger partial charge in [-0.1, -0.05) is 294 Å². The second-order valence-electron chi connectivity index (χ2n) is 40.7. The van der Waals surface area contributed by atoms with Crippen LogP contribution in [0.4, 0.5) is 34.1 Å². The van der Waals surface area contributed by atoms with Gasteiger partial charge in [0.25, 0.3) is 6.71 Å². The molecule has 0 aliphatic carbocycles. The van der Waals surface area contributed by atoms with Crippen molar-refractivity contribution >= 4 is 145 Å². The molecule has 2 aliphatic rings. The fraction of sp³-hybridized carbons (Fsp3) is 0.211. The van der Waals surface area contributed by atoms with Gasteiger partial charge in [-0.25, -0.2) is 0 Å². The normalized spacial score (nSPS) is 13.5. The zero-order chi connectivity index (χ0) is 83.6.